The van der Waals surface area contributed by atoms with Crippen molar-refractivity contribution in [3.8, 4) is 0 Å². The van der Waals surface area contributed by atoms with Crippen LogP contribution in [0.5, 0.6) is 0 Å². The average Bonchev–Trinajstić information content (AvgIpc) is 2.45. The lowest BCUT2D eigenvalue weighted by atomic mass is 9.94. The Labute approximate surface area is 133 Å². The molecule has 0 aromatic heterocycles. The van der Waals surface area contributed by atoms with Gasteiger partial charge in [-0.05, 0) is 40.5 Å². The monoisotopic (exact) mass is 311 g/mol. The zero-order valence-corrected chi connectivity index (χ0v) is 14.2. The maximum atomic E-state index is 12.6. The Morgan fingerprint density at radius 3 is 2.32 bits per heavy atom. The molecule has 0 spiro atoms. The first-order chi connectivity index (χ1) is 10.3. The second-order valence-corrected chi connectivity index (χ2v) is 7.33. The second kappa shape index (κ2) is 6.86. The highest BCUT2D eigenvalue weighted by atomic mass is 16.6. The van der Waals surface area contributed by atoms with Gasteiger partial charge >= 0.3 is 6.09 Å². The standard InChI is InChI=1S/C16H29N3O3/c1-12-11-17-7-10-19(12)14(20)13-5-8-18(9-6-13)15(21)22-16(2,3)4/h12-13,17H,5-11H2,1-4H3/t12-/m0/s1. The number of hydrogen-bond donors (Lipinski definition) is 1. The molecule has 2 heterocycles. The SMILES string of the molecule is C[C@H]1CNCCN1C(=O)C1CCN(C(=O)OC(C)(C)C)CC1. The summed E-state index contributed by atoms with van der Waals surface area (Å²) in [7, 11) is 0. The number of piperidine rings is 1. The van der Waals surface area contributed by atoms with Gasteiger partial charge in [0, 0.05) is 44.7 Å². The van der Waals surface area contributed by atoms with Crippen LogP contribution in [0.3, 0.4) is 0 Å². The van der Waals surface area contributed by atoms with Crippen LogP contribution in [0.4, 0.5) is 4.79 Å². The van der Waals surface area contributed by atoms with E-state index in [-0.39, 0.29) is 24.0 Å². The molecule has 1 N–H and O–H groups in total. The topological polar surface area (TPSA) is 61.9 Å². The van der Waals surface area contributed by atoms with E-state index in [4.69, 9.17) is 4.74 Å². The molecule has 0 aromatic rings. The van der Waals surface area contributed by atoms with Crippen molar-refractivity contribution in [1.29, 1.82) is 0 Å². The van der Waals surface area contributed by atoms with Crippen molar-refractivity contribution in [2.45, 2.75) is 52.2 Å². The minimum absolute atomic E-state index is 0.0410. The molecule has 22 heavy (non-hydrogen) atoms. The van der Waals surface area contributed by atoms with E-state index in [1.165, 1.54) is 0 Å². The first kappa shape index (κ1) is 17.1. The van der Waals surface area contributed by atoms with Gasteiger partial charge in [-0.15, -0.1) is 0 Å². The predicted molar refractivity (Wildman–Crippen MR) is 84.6 cm³/mol. The van der Waals surface area contributed by atoms with E-state index in [0.717, 1.165) is 32.5 Å². The highest BCUT2D eigenvalue weighted by Gasteiger charge is 2.33. The number of nitrogens with one attached hydrogen (secondary N) is 1. The predicted octanol–water partition coefficient (Wildman–Crippen LogP) is 1.45. The minimum Gasteiger partial charge on any atom is -0.444 e. The van der Waals surface area contributed by atoms with Crippen LogP contribution < -0.4 is 5.32 Å². The zero-order chi connectivity index (χ0) is 16.3. The number of amides is 2. The molecule has 0 radical (unpaired) electrons. The van der Waals surface area contributed by atoms with Crippen molar-refractivity contribution >= 4 is 12.0 Å². The van der Waals surface area contributed by atoms with E-state index in [0.29, 0.717) is 13.1 Å². The lowest BCUT2D eigenvalue weighted by Gasteiger charge is -2.39. The summed E-state index contributed by atoms with van der Waals surface area (Å²) in [5.74, 6) is 0.289. The van der Waals surface area contributed by atoms with E-state index < -0.39 is 5.60 Å². The van der Waals surface area contributed by atoms with Gasteiger partial charge in [0.25, 0.3) is 0 Å². The van der Waals surface area contributed by atoms with Gasteiger partial charge in [-0.2, -0.15) is 0 Å². The van der Waals surface area contributed by atoms with Crippen LogP contribution in [-0.4, -0.2) is 66.2 Å². The molecule has 0 saturated carbocycles. The molecular weight excluding hydrogens is 282 g/mol. The van der Waals surface area contributed by atoms with Crippen LogP contribution in [0.25, 0.3) is 0 Å². The largest absolute Gasteiger partial charge is 0.444 e. The van der Waals surface area contributed by atoms with Crippen LogP contribution in [0.2, 0.25) is 0 Å². The smallest absolute Gasteiger partial charge is 0.410 e. The molecule has 2 aliphatic rings. The van der Waals surface area contributed by atoms with E-state index >= 15 is 0 Å². The normalized spacial score (nSPS) is 24.3. The molecule has 2 amide bonds. The zero-order valence-electron chi connectivity index (χ0n) is 14.2. The molecular formula is C16H29N3O3. The van der Waals surface area contributed by atoms with Crippen molar-refractivity contribution in [1.82, 2.24) is 15.1 Å². The van der Waals surface area contributed by atoms with E-state index in [1.54, 1.807) is 4.90 Å². The fourth-order valence-electron chi connectivity index (χ4n) is 3.04. The highest BCUT2D eigenvalue weighted by Crippen LogP contribution is 2.22. The fraction of sp³-hybridized carbons (Fsp3) is 0.875. The van der Waals surface area contributed by atoms with Gasteiger partial charge in [0.2, 0.25) is 5.91 Å². The third kappa shape index (κ3) is 4.35. The summed E-state index contributed by atoms with van der Waals surface area (Å²) in [4.78, 5) is 28.4. The summed E-state index contributed by atoms with van der Waals surface area (Å²) in [6.07, 6.45) is 1.19. The lowest BCUT2D eigenvalue weighted by molar-refractivity contribution is -0.140. The Kier molecular flexibility index (Phi) is 5.32. The van der Waals surface area contributed by atoms with Crippen LogP contribution in [0.1, 0.15) is 40.5 Å². The summed E-state index contributed by atoms with van der Waals surface area (Å²) in [6, 6.07) is 0.255. The maximum Gasteiger partial charge on any atom is 0.410 e. The third-order valence-electron chi connectivity index (χ3n) is 4.28. The molecule has 6 nitrogen and oxygen atoms in total. The summed E-state index contributed by atoms with van der Waals surface area (Å²) in [5.41, 5.74) is -0.472. The van der Waals surface area contributed by atoms with Crippen LogP contribution in [-0.2, 0) is 9.53 Å². The maximum absolute atomic E-state index is 12.6. The van der Waals surface area contributed by atoms with Gasteiger partial charge in [-0.1, -0.05) is 0 Å². The summed E-state index contributed by atoms with van der Waals surface area (Å²) in [6.45, 7) is 11.4. The highest BCUT2D eigenvalue weighted by molar-refractivity contribution is 5.80. The van der Waals surface area contributed by atoms with Crippen molar-refractivity contribution in [2.24, 2.45) is 5.92 Å². The molecule has 0 aromatic carbocycles. The Balaban J connectivity index is 1.84. The summed E-state index contributed by atoms with van der Waals surface area (Å²) < 4.78 is 5.39. The molecule has 126 valence electrons. The molecule has 2 rings (SSSR count). The first-order valence-electron chi connectivity index (χ1n) is 8.27. The molecule has 2 fully saturated rings. The lowest BCUT2D eigenvalue weighted by Crippen LogP contribution is -2.55. The molecule has 2 aliphatic heterocycles. The van der Waals surface area contributed by atoms with Gasteiger partial charge in [-0.25, -0.2) is 4.79 Å². The van der Waals surface area contributed by atoms with Crippen molar-refractivity contribution < 1.29 is 14.3 Å². The minimum atomic E-state index is -0.472. The number of carbonyl (C=O) groups excluding carboxylic acids is 2. The fourth-order valence-corrected chi connectivity index (χ4v) is 3.04. The number of ether oxygens (including phenoxy) is 1. The van der Waals surface area contributed by atoms with Crippen LogP contribution >= 0.6 is 0 Å². The Bertz CT molecular complexity index is 411. The number of piperazine rings is 1. The average molecular weight is 311 g/mol. The molecule has 0 bridgehead atoms. The van der Waals surface area contributed by atoms with E-state index in [1.807, 2.05) is 25.7 Å². The molecule has 1 atom stereocenters. The molecule has 6 heteroatoms. The van der Waals surface area contributed by atoms with E-state index in [2.05, 4.69) is 12.2 Å². The van der Waals surface area contributed by atoms with Crippen molar-refractivity contribution in [3.05, 3.63) is 0 Å². The van der Waals surface area contributed by atoms with Crippen molar-refractivity contribution in [3.63, 3.8) is 0 Å². The number of carbonyl (C=O) groups is 2. The third-order valence-corrected chi connectivity index (χ3v) is 4.28. The van der Waals surface area contributed by atoms with Gasteiger partial charge in [-0.3, -0.25) is 4.79 Å². The first-order valence-corrected chi connectivity index (χ1v) is 8.27. The molecule has 0 unspecified atom stereocenters. The van der Waals surface area contributed by atoms with Crippen molar-refractivity contribution in [2.75, 3.05) is 32.7 Å². The summed E-state index contributed by atoms with van der Waals surface area (Å²) >= 11 is 0. The van der Waals surface area contributed by atoms with Crippen LogP contribution in [0, 0.1) is 5.92 Å². The Morgan fingerprint density at radius 1 is 1.14 bits per heavy atom. The summed E-state index contributed by atoms with van der Waals surface area (Å²) in [5, 5.41) is 3.30. The number of likely N-dealkylation sites (tertiary alicyclic amines) is 1. The Hall–Kier alpha value is -1.30. The van der Waals surface area contributed by atoms with Gasteiger partial charge in [0.15, 0.2) is 0 Å². The molecule has 0 aliphatic carbocycles. The Morgan fingerprint density at radius 2 is 1.77 bits per heavy atom. The second-order valence-electron chi connectivity index (χ2n) is 7.33. The quantitative estimate of drug-likeness (QED) is 0.796. The van der Waals surface area contributed by atoms with Crippen LogP contribution in [0.15, 0.2) is 0 Å². The number of hydrogen-bond acceptors (Lipinski definition) is 4. The number of rotatable bonds is 1. The van der Waals surface area contributed by atoms with Gasteiger partial charge in [0.05, 0.1) is 0 Å². The van der Waals surface area contributed by atoms with E-state index in [9.17, 15) is 9.59 Å². The van der Waals surface area contributed by atoms with Gasteiger partial charge < -0.3 is 19.9 Å². The van der Waals surface area contributed by atoms with Gasteiger partial charge in [0.1, 0.15) is 5.60 Å². The number of nitrogens with zero attached hydrogens (tertiary/aromatic N) is 2. The molecule has 2 saturated heterocycles.